The predicted octanol–water partition coefficient (Wildman–Crippen LogP) is 5.44. The van der Waals surface area contributed by atoms with Gasteiger partial charge in [0.15, 0.2) is 0 Å². The highest BCUT2D eigenvalue weighted by Crippen LogP contribution is 2.33. The lowest BCUT2D eigenvalue weighted by atomic mass is 10.1. The zero-order valence-corrected chi connectivity index (χ0v) is 13.1. The van der Waals surface area contributed by atoms with Crippen LogP contribution in [-0.4, -0.2) is 11.3 Å². The van der Waals surface area contributed by atoms with E-state index in [1.807, 2.05) is 30.3 Å². The number of nitrogens with zero attached hydrogens (tertiary/aromatic N) is 1. The second kappa shape index (κ2) is 7.51. The first-order chi connectivity index (χ1) is 10.1. The first kappa shape index (κ1) is 15.9. The number of hydrogen-bond donors (Lipinski definition) is 1. The molecule has 5 heteroatoms. The Morgan fingerprint density at radius 2 is 1.57 bits per heavy atom. The highest BCUT2D eigenvalue weighted by Gasteiger charge is 2.16. The van der Waals surface area contributed by atoms with E-state index in [1.165, 1.54) is 0 Å². The van der Waals surface area contributed by atoms with Crippen molar-refractivity contribution in [2.75, 3.05) is 0 Å². The molecule has 1 unspecified atom stereocenters. The molecule has 0 saturated carbocycles. The van der Waals surface area contributed by atoms with Gasteiger partial charge in [0.2, 0.25) is 0 Å². The van der Waals surface area contributed by atoms with Crippen LogP contribution in [0, 0.1) is 0 Å². The van der Waals surface area contributed by atoms with Crippen LogP contribution in [-0.2, 0) is 0 Å². The molecule has 0 bridgehead atoms. The van der Waals surface area contributed by atoms with Gasteiger partial charge in [0, 0.05) is 6.21 Å². The second-order valence-corrected chi connectivity index (χ2v) is 5.65. The molecule has 2 aromatic carbocycles. The molecule has 0 aliphatic heterocycles. The van der Waals surface area contributed by atoms with E-state index < -0.39 is 6.04 Å². The summed E-state index contributed by atoms with van der Waals surface area (Å²) in [6.07, 6.45) is 1.66. The molecule has 0 aromatic heterocycles. The van der Waals surface area contributed by atoms with Crippen molar-refractivity contribution in [2.45, 2.75) is 6.04 Å². The van der Waals surface area contributed by atoms with Gasteiger partial charge in [-0.15, -0.1) is 0 Å². The van der Waals surface area contributed by atoms with Crippen molar-refractivity contribution < 1.29 is 5.11 Å². The monoisotopic (exact) mass is 339 g/mol. The Bertz CT molecular complexity index is 647. The average molecular weight is 341 g/mol. The van der Waals surface area contributed by atoms with Gasteiger partial charge < -0.3 is 5.11 Å². The van der Waals surface area contributed by atoms with Crippen molar-refractivity contribution in [1.82, 2.24) is 0 Å². The summed E-state index contributed by atoms with van der Waals surface area (Å²) < 4.78 is -0.00613. The van der Waals surface area contributed by atoms with Gasteiger partial charge in [-0.2, -0.15) is 0 Å². The van der Waals surface area contributed by atoms with E-state index in [-0.39, 0.29) is 15.3 Å². The van der Waals surface area contributed by atoms with Crippen molar-refractivity contribution in [3.05, 3.63) is 75.2 Å². The lowest BCUT2D eigenvalue weighted by Crippen LogP contribution is -1.97. The largest absolute Gasteiger partial charge is 0.508 e. The molecule has 1 N–H and O–H groups in total. The molecule has 0 radical (unpaired) electrons. The first-order valence-corrected chi connectivity index (χ1v) is 7.29. The van der Waals surface area contributed by atoms with Crippen LogP contribution in [0.15, 0.2) is 69.1 Å². The minimum atomic E-state index is -0.466. The zero-order valence-electron chi connectivity index (χ0n) is 10.9. The van der Waals surface area contributed by atoms with E-state index in [4.69, 9.17) is 34.8 Å². The molecule has 1 atom stereocenters. The molecule has 0 spiro atoms. The first-order valence-electron chi connectivity index (χ1n) is 6.16. The number of phenolic OH excluding ortho intramolecular Hbond substituents is 1. The number of halogens is 3. The zero-order chi connectivity index (χ0) is 15.2. The van der Waals surface area contributed by atoms with E-state index in [1.54, 1.807) is 30.5 Å². The number of aliphatic imine (C=N–C) groups is 1. The highest BCUT2D eigenvalue weighted by atomic mass is 35.5. The van der Waals surface area contributed by atoms with E-state index in [0.29, 0.717) is 0 Å². The molecule has 0 aliphatic carbocycles. The molecular weight excluding hydrogens is 329 g/mol. The fourth-order valence-electron chi connectivity index (χ4n) is 1.76. The second-order valence-electron chi connectivity index (χ2n) is 4.29. The molecule has 2 nitrogen and oxygen atoms in total. The van der Waals surface area contributed by atoms with Gasteiger partial charge in [0.1, 0.15) is 16.3 Å². The van der Waals surface area contributed by atoms with Gasteiger partial charge in [-0.25, -0.2) is 0 Å². The van der Waals surface area contributed by atoms with Crippen LogP contribution >= 0.6 is 34.8 Å². The number of aromatic hydroxyl groups is 1. The average Bonchev–Trinajstić information content (AvgIpc) is 2.50. The van der Waals surface area contributed by atoms with E-state index >= 15 is 0 Å². The molecule has 2 aromatic rings. The van der Waals surface area contributed by atoms with Crippen LogP contribution in [0.3, 0.4) is 0 Å². The van der Waals surface area contributed by atoms with E-state index in [9.17, 15) is 5.11 Å². The summed E-state index contributed by atoms with van der Waals surface area (Å²) in [6, 6.07) is 15.7. The van der Waals surface area contributed by atoms with Crippen LogP contribution in [0.5, 0.6) is 5.75 Å². The summed E-state index contributed by atoms with van der Waals surface area (Å²) in [4.78, 5) is 4.45. The maximum atomic E-state index is 9.27. The standard InChI is InChI=1S/C16H12Cl3NO/c17-14(16(18)19)15(12-4-2-1-3-5-12)20-10-11-6-8-13(21)9-7-11/h1-10,15,21H. The van der Waals surface area contributed by atoms with E-state index in [2.05, 4.69) is 4.99 Å². The van der Waals surface area contributed by atoms with Gasteiger partial charge in [-0.3, -0.25) is 4.99 Å². The predicted molar refractivity (Wildman–Crippen MR) is 89.5 cm³/mol. The Labute approximate surface area is 138 Å². The number of rotatable bonds is 4. The Morgan fingerprint density at radius 3 is 2.14 bits per heavy atom. The van der Waals surface area contributed by atoms with Crippen LogP contribution in [0.1, 0.15) is 17.2 Å². The van der Waals surface area contributed by atoms with Gasteiger partial charge in [0.25, 0.3) is 0 Å². The molecule has 21 heavy (non-hydrogen) atoms. The van der Waals surface area contributed by atoms with Crippen molar-refractivity contribution in [3.8, 4) is 5.75 Å². The van der Waals surface area contributed by atoms with Gasteiger partial charge >= 0.3 is 0 Å². The van der Waals surface area contributed by atoms with Crippen molar-refractivity contribution in [3.63, 3.8) is 0 Å². The van der Waals surface area contributed by atoms with Crippen LogP contribution in [0.2, 0.25) is 0 Å². The minimum absolute atomic E-state index is 0.00613. The van der Waals surface area contributed by atoms with Crippen LogP contribution in [0.4, 0.5) is 0 Å². The number of hydrogen-bond acceptors (Lipinski definition) is 2. The minimum Gasteiger partial charge on any atom is -0.508 e. The van der Waals surface area contributed by atoms with Crippen molar-refractivity contribution in [1.29, 1.82) is 0 Å². The molecule has 0 saturated heterocycles. The maximum Gasteiger partial charge on any atom is 0.123 e. The van der Waals surface area contributed by atoms with Gasteiger partial charge in [-0.05, 0) is 35.4 Å². The fourth-order valence-corrected chi connectivity index (χ4v) is 2.15. The maximum absolute atomic E-state index is 9.27. The molecule has 0 amide bonds. The van der Waals surface area contributed by atoms with Crippen molar-refractivity contribution >= 4 is 41.0 Å². The third-order valence-corrected chi connectivity index (χ3v) is 3.80. The Balaban J connectivity index is 2.33. The van der Waals surface area contributed by atoms with E-state index in [0.717, 1.165) is 11.1 Å². The summed E-state index contributed by atoms with van der Waals surface area (Å²) in [5, 5.41) is 9.53. The Morgan fingerprint density at radius 1 is 0.952 bits per heavy atom. The summed E-state index contributed by atoms with van der Waals surface area (Å²) in [5.74, 6) is 0.202. The molecular formula is C16H12Cl3NO. The van der Waals surface area contributed by atoms with Crippen LogP contribution in [0.25, 0.3) is 0 Å². The summed E-state index contributed by atoms with van der Waals surface area (Å²) in [5.41, 5.74) is 1.72. The molecule has 108 valence electrons. The number of benzene rings is 2. The van der Waals surface area contributed by atoms with Crippen molar-refractivity contribution in [2.24, 2.45) is 4.99 Å². The van der Waals surface area contributed by atoms with Gasteiger partial charge in [0.05, 0.1) is 5.03 Å². The Hall–Kier alpha value is -1.48. The quantitative estimate of drug-likeness (QED) is 0.739. The number of phenols is 1. The molecule has 0 fully saturated rings. The third-order valence-electron chi connectivity index (χ3n) is 2.80. The lowest BCUT2D eigenvalue weighted by Gasteiger charge is -2.12. The lowest BCUT2D eigenvalue weighted by molar-refractivity contribution is 0.475. The molecule has 0 aliphatic rings. The fraction of sp³-hybridized carbons (Fsp3) is 0.0625. The summed E-state index contributed by atoms with van der Waals surface area (Å²) in [7, 11) is 0. The van der Waals surface area contributed by atoms with Gasteiger partial charge in [-0.1, -0.05) is 65.1 Å². The normalized spacial score (nSPS) is 12.3. The van der Waals surface area contributed by atoms with Crippen LogP contribution < -0.4 is 0 Å². The summed E-state index contributed by atoms with van der Waals surface area (Å²) >= 11 is 17.7. The molecule has 2 rings (SSSR count). The third kappa shape index (κ3) is 4.50. The topological polar surface area (TPSA) is 32.6 Å². The Kier molecular flexibility index (Phi) is 5.68. The smallest absolute Gasteiger partial charge is 0.123 e. The summed E-state index contributed by atoms with van der Waals surface area (Å²) in [6.45, 7) is 0. The highest BCUT2D eigenvalue weighted by molar-refractivity contribution is 6.59. The molecule has 0 heterocycles. The SMILES string of the molecule is Oc1ccc(C=NC(C(Cl)=C(Cl)Cl)c2ccccc2)cc1.